The number of benzene rings is 1. The number of nitrogens with two attached hydrogens (primary N) is 1. The molecule has 5 heteroatoms. The third-order valence-electron chi connectivity index (χ3n) is 3.91. The van der Waals surface area contributed by atoms with Gasteiger partial charge in [0.05, 0.1) is 12.6 Å². The monoisotopic (exact) mass is 292 g/mol. The standard InChI is InChI=1S/C16H24N2O3/c1-20-14-8-6-7-13(11-14)18-15(19)21-12-16(17)9-4-2-3-5-10-16/h6-8,11H,2-5,9-10,12,17H2,1H3,(H,18,19). The van der Waals surface area contributed by atoms with E-state index in [1.54, 1.807) is 19.2 Å². The van der Waals surface area contributed by atoms with E-state index in [2.05, 4.69) is 5.32 Å². The number of methoxy groups -OCH3 is 1. The molecule has 0 heterocycles. The van der Waals surface area contributed by atoms with Crippen LogP contribution >= 0.6 is 0 Å². The number of hydrogen-bond acceptors (Lipinski definition) is 4. The first-order valence-electron chi connectivity index (χ1n) is 7.48. The van der Waals surface area contributed by atoms with E-state index in [9.17, 15) is 4.79 Å². The molecule has 0 spiro atoms. The van der Waals surface area contributed by atoms with Crippen molar-refractivity contribution in [3.8, 4) is 5.75 Å². The fourth-order valence-corrected chi connectivity index (χ4v) is 2.64. The molecule has 1 aliphatic carbocycles. The van der Waals surface area contributed by atoms with Gasteiger partial charge in [-0.2, -0.15) is 0 Å². The summed E-state index contributed by atoms with van der Waals surface area (Å²) in [6, 6.07) is 7.15. The van der Waals surface area contributed by atoms with E-state index in [1.807, 2.05) is 12.1 Å². The molecule has 1 fully saturated rings. The number of carbonyl (C=O) groups excluding carboxylic acids is 1. The van der Waals surface area contributed by atoms with Crippen LogP contribution in [0.25, 0.3) is 0 Å². The zero-order chi connectivity index (χ0) is 15.1. The first kappa shape index (κ1) is 15.6. The van der Waals surface area contributed by atoms with Crippen LogP contribution in [0.4, 0.5) is 10.5 Å². The molecule has 3 N–H and O–H groups in total. The zero-order valence-electron chi connectivity index (χ0n) is 12.6. The van der Waals surface area contributed by atoms with E-state index in [-0.39, 0.29) is 12.1 Å². The zero-order valence-corrected chi connectivity index (χ0v) is 12.6. The minimum atomic E-state index is -0.475. The predicted octanol–water partition coefficient (Wildman–Crippen LogP) is 3.30. The summed E-state index contributed by atoms with van der Waals surface area (Å²) in [6.07, 6.45) is 6.01. The number of hydrogen-bond donors (Lipinski definition) is 2. The van der Waals surface area contributed by atoms with Crippen molar-refractivity contribution in [2.75, 3.05) is 19.0 Å². The number of anilines is 1. The fraction of sp³-hybridized carbons (Fsp3) is 0.562. The van der Waals surface area contributed by atoms with Crippen LogP contribution < -0.4 is 15.8 Å². The first-order chi connectivity index (χ1) is 10.1. The highest BCUT2D eigenvalue weighted by Gasteiger charge is 2.27. The van der Waals surface area contributed by atoms with Crippen molar-refractivity contribution >= 4 is 11.8 Å². The Kier molecular flexibility index (Phi) is 5.44. The second kappa shape index (κ2) is 7.31. The maximum Gasteiger partial charge on any atom is 0.411 e. The van der Waals surface area contributed by atoms with Crippen LogP contribution in [0.3, 0.4) is 0 Å². The summed E-state index contributed by atoms with van der Waals surface area (Å²) in [5.41, 5.74) is 6.59. The molecule has 0 unspecified atom stereocenters. The summed E-state index contributed by atoms with van der Waals surface area (Å²) in [4.78, 5) is 11.9. The lowest BCUT2D eigenvalue weighted by Gasteiger charge is -2.27. The van der Waals surface area contributed by atoms with Crippen molar-refractivity contribution in [1.82, 2.24) is 0 Å². The van der Waals surface area contributed by atoms with Gasteiger partial charge in [-0.1, -0.05) is 31.7 Å². The van der Waals surface area contributed by atoms with E-state index < -0.39 is 6.09 Å². The number of amides is 1. The summed E-state index contributed by atoms with van der Waals surface area (Å²) in [5.74, 6) is 0.687. The van der Waals surface area contributed by atoms with Gasteiger partial charge in [0.25, 0.3) is 0 Å². The normalized spacial score (nSPS) is 17.6. The number of rotatable bonds is 4. The maximum atomic E-state index is 11.9. The molecule has 0 atom stereocenters. The Morgan fingerprint density at radius 2 is 2.00 bits per heavy atom. The molecule has 2 rings (SSSR count). The van der Waals surface area contributed by atoms with Crippen LogP contribution in [0.5, 0.6) is 5.75 Å². The predicted molar refractivity (Wildman–Crippen MR) is 82.6 cm³/mol. The molecule has 5 nitrogen and oxygen atoms in total. The van der Waals surface area contributed by atoms with Crippen molar-refractivity contribution in [3.63, 3.8) is 0 Å². The average Bonchev–Trinajstić information content (AvgIpc) is 2.71. The van der Waals surface area contributed by atoms with E-state index in [0.717, 1.165) is 25.7 Å². The Balaban J connectivity index is 1.83. The quantitative estimate of drug-likeness (QED) is 0.835. The Morgan fingerprint density at radius 1 is 1.29 bits per heavy atom. The van der Waals surface area contributed by atoms with Crippen LogP contribution in [0.2, 0.25) is 0 Å². The second-order valence-corrected chi connectivity index (χ2v) is 5.71. The number of carbonyl (C=O) groups is 1. The molecule has 21 heavy (non-hydrogen) atoms. The minimum absolute atomic E-state index is 0.267. The molecular weight excluding hydrogens is 268 g/mol. The molecule has 1 aromatic carbocycles. The van der Waals surface area contributed by atoms with Crippen molar-refractivity contribution in [2.45, 2.75) is 44.1 Å². The lowest BCUT2D eigenvalue weighted by molar-refractivity contribution is 0.122. The van der Waals surface area contributed by atoms with Crippen molar-refractivity contribution in [2.24, 2.45) is 5.73 Å². The summed E-state index contributed by atoms with van der Waals surface area (Å²) >= 11 is 0. The topological polar surface area (TPSA) is 73.6 Å². The second-order valence-electron chi connectivity index (χ2n) is 5.71. The summed E-state index contributed by atoms with van der Waals surface area (Å²) < 4.78 is 10.4. The third kappa shape index (κ3) is 4.93. The van der Waals surface area contributed by atoms with Gasteiger partial charge < -0.3 is 15.2 Å². The van der Waals surface area contributed by atoms with E-state index >= 15 is 0 Å². The molecule has 0 aliphatic heterocycles. The van der Waals surface area contributed by atoms with E-state index in [1.165, 1.54) is 12.8 Å². The van der Waals surface area contributed by atoms with Crippen molar-refractivity contribution in [3.05, 3.63) is 24.3 Å². The highest BCUT2D eigenvalue weighted by molar-refractivity contribution is 5.84. The van der Waals surface area contributed by atoms with Gasteiger partial charge >= 0.3 is 6.09 Å². The molecule has 1 aromatic rings. The third-order valence-corrected chi connectivity index (χ3v) is 3.91. The number of ether oxygens (including phenoxy) is 2. The van der Waals surface area contributed by atoms with Crippen molar-refractivity contribution < 1.29 is 14.3 Å². The van der Waals surface area contributed by atoms with Crippen LogP contribution in [0, 0.1) is 0 Å². The van der Waals surface area contributed by atoms with Gasteiger partial charge in [-0.25, -0.2) is 4.79 Å². The van der Waals surface area contributed by atoms with E-state index in [0.29, 0.717) is 11.4 Å². The molecule has 0 aromatic heterocycles. The van der Waals surface area contributed by atoms with Gasteiger partial charge in [-0.05, 0) is 25.0 Å². The van der Waals surface area contributed by atoms with Crippen LogP contribution in [-0.2, 0) is 4.74 Å². The summed E-state index contributed by atoms with van der Waals surface area (Å²) in [6.45, 7) is 0.267. The smallest absolute Gasteiger partial charge is 0.411 e. The lowest BCUT2D eigenvalue weighted by atomic mass is 9.93. The average molecular weight is 292 g/mol. The minimum Gasteiger partial charge on any atom is -0.497 e. The maximum absolute atomic E-state index is 11.9. The Morgan fingerprint density at radius 3 is 2.67 bits per heavy atom. The van der Waals surface area contributed by atoms with E-state index in [4.69, 9.17) is 15.2 Å². The highest BCUT2D eigenvalue weighted by atomic mass is 16.5. The number of nitrogens with one attached hydrogen (secondary N) is 1. The lowest BCUT2D eigenvalue weighted by Crippen LogP contribution is -2.45. The fourth-order valence-electron chi connectivity index (χ4n) is 2.64. The van der Waals surface area contributed by atoms with Crippen LogP contribution in [0.1, 0.15) is 38.5 Å². The SMILES string of the molecule is COc1cccc(NC(=O)OCC2(N)CCCCCC2)c1. The Bertz CT molecular complexity index is 468. The molecule has 0 saturated heterocycles. The van der Waals surface area contributed by atoms with Gasteiger partial charge in [0, 0.05) is 11.8 Å². The first-order valence-corrected chi connectivity index (χ1v) is 7.48. The molecule has 0 radical (unpaired) electrons. The Labute approximate surface area is 125 Å². The van der Waals surface area contributed by atoms with Gasteiger partial charge in [0.15, 0.2) is 0 Å². The largest absolute Gasteiger partial charge is 0.497 e. The highest BCUT2D eigenvalue weighted by Crippen LogP contribution is 2.25. The van der Waals surface area contributed by atoms with Crippen LogP contribution in [0.15, 0.2) is 24.3 Å². The van der Waals surface area contributed by atoms with Crippen molar-refractivity contribution in [1.29, 1.82) is 0 Å². The molecular formula is C16H24N2O3. The summed E-state index contributed by atoms with van der Waals surface area (Å²) in [5, 5.41) is 2.69. The van der Waals surface area contributed by atoms with Gasteiger partial charge in [-0.15, -0.1) is 0 Å². The Hall–Kier alpha value is -1.75. The molecule has 1 amide bonds. The van der Waals surface area contributed by atoms with Gasteiger partial charge in [0.1, 0.15) is 12.4 Å². The molecule has 1 saturated carbocycles. The van der Waals surface area contributed by atoms with Gasteiger partial charge in [-0.3, -0.25) is 5.32 Å². The van der Waals surface area contributed by atoms with Gasteiger partial charge in [0.2, 0.25) is 0 Å². The molecule has 0 bridgehead atoms. The van der Waals surface area contributed by atoms with Crippen LogP contribution in [-0.4, -0.2) is 25.3 Å². The molecule has 1 aliphatic rings. The summed E-state index contributed by atoms with van der Waals surface area (Å²) in [7, 11) is 1.58. The molecule has 116 valence electrons.